The lowest BCUT2D eigenvalue weighted by Crippen LogP contribution is -2.58. The Balaban J connectivity index is 0.964. The predicted octanol–water partition coefficient (Wildman–Crippen LogP) is 6.08. The molecule has 3 atom stereocenters. The number of nitrogens with one attached hydrogen (secondary N) is 3. The summed E-state index contributed by atoms with van der Waals surface area (Å²) in [6.45, 7) is 11.0. The van der Waals surface area contributed by atoms with Crippen molar-refractivity contribution in [3.05, 3.63) is 82.0 Å². The summed E-state index contributed by atoms with van der Waals surface area (Å²) in [5.74, 6) is -4.86. The van der Waals surface area contributed by atoms with Gasteiger partial charge in [-0.1, -0.05) is 45.0 Å². The van der Waals surface area contributed by atoms with Crippen molar-refractivity contribution in [2.75, 3.05) is 50.9 Å². The van der Waals surface area contributed by atoms with E-state index in [0.717, 1.165) is 27.8 Å². The molecule has 0 bridgehead atoms. The zero-order valence-electron chi connectivity index (χ0n) is 34.8. The molecule has 0 radical (unpaired) electrons. The summed E-state index contributed by atoms with van der Waals surface area (Å²) in [5.41, 5.74) is 4.47. The SMILES string of the molecule is Cc1ncsc1-c1ccc([C@H](C)NC(=O)[C@@H]2C=C(O)CN2C(=O)[C@@H](NC(=O)CCCCNC(=O)COc2c(-c3csc(N4CCOCC4)n3)ccc(F)c2F)C(C)(C)C)cc1. The number of aliphatic hydroxyl groups excluding tert-OH is 1. The van der Waals surface area contributed by atoms with Crippen LogP contribution < -0.4 is 25.6 Å². The van der Waals surface area contributed by atoms with Crippen molar-refractivity contribution in [2.45, 2.75) is 72.0 Å². The minimum Gasteiger partial charge on any atom is -0.511 e. The molecule has 0 spiro atoms. The van der Waals surface area contributed by atoms with Gasteiger partial charge in [0.25, 0.3) is 5.91 Å². The van der Waals surface area contributed by atoms with E-state index in [-0.39, 0.29) is 30.8 Å². The highest BCUT2D eigenvalue weighted by Gasteiger charge is 2.42. The van der Waals surface area contributed by atoms with E-state index in [0.29, 0.717) is 50.0 Å². The Labute approximate surface area is 361 Å². The number of ether oxygens (including phenoxy) is 2. The number of aromatic nitrogens is 2. The molecule has 326 valence electrons. The molecule has 2 aromatic heterocycles. The zero-order chi connectivity index (χ0) is 43.8. The third-order valence-electron chi connectivity index (χ3n) is 10.4. The van der Waals surface area contributed by atoms with E-state index >= 15 is 0 Å². The van der Waals surface area contributed by atoms with Gasteiger partial charge in [0.2, 0.25) is 23.5 Å². The van der Waals surface area contributed by atoms with E-state index in [9.17, 15) is 33.1 Å². The van der Waals surface area contributed by atoms with Crippen LogP contribution in [0.5, 0.6) is 5.75 Å². The number of carbonyl (C=O) groups is 4. The minimum atomic E-state index is -1.23. The summed E-state index contributed by atoms with van der Waals surface area (Å²) in [6, 6.07) is 7.64. The number of anilines is 1. The van der Waals surface area contributed by atoms with Crippen molar-refractivity contribution in [3.8, 4) is 27.4 Å². The molecule has 4 heterocycles. The summed E-state index contributed by atoms with van der Waals surface area (Å²) >= 11 is 2.91. The number of hydrogen-bond donors (Lipinski definition) is 4. The van der Waals surface area contributed by atoms with Crippen LogP contribution in [0, 0.1) is 24.0 Å². The van der Waals surface area contributed by atoms with Crippen LogP contribution in [0.25, 0.3) is 21.7 Å². The van der Waals surface area contributed by atoms with Gasteiger partial charge >= 0.3 is 0 Å². The number of amides is 4. The molecule has 0 aliphatic carbocycles. The third-order valence-corrected chi connectivity index (χ3v) is 12.2. The topological polar surface area (TPSA) is 175 Å². The molecule has 6 rings (SSSR count). The van der Waals surface area contributed by atoms with Crippen molar-refractivity contribution >= 4 is 51.4 Å². The van der Waals surface area contributed by atoms with Gasteiger partial charge in [0.05, 0.1) is 47.6 Å². The number of halogens is 2. The standard InChI is InChI=1S/C43H51F2N7O7S2/c1-25(27-9-11-28(12-10-27)38-26(2)47-24-61-38)48-40(56)33-20-29(53)21-52(33)41(57)39(43(3,4)5)50-34(54)8-6-7-15-46-35(55)22-59-37-30(13-14-31(44)36(37)45)32-23-60-42(49-32)51-16-18-58-19-17-51/h9-14,20,23-25,33,39,53H,6-8,15-19,21-22H2,1-5H3,(H,46,55)(H,48,56)(H,50,54)/t25-,33-,39+/m0/s1. The second kappa shape index (κ2) is 19.9. The Morgan fingerprint density at radius 1 is 1.02 bits per heavy atom. The van der Waals surface area contributed by atoms with Gasteiger partial charge < -0.3 is 40.3 Å². The molecule has 4 N–H and O–H groups in total. The van der Waals surface area contributed by atoms with Gasteiger partial charge in [-0.25, -0.2) is 14.4 Å². The van der Waals surface area contributed by atoms with E-state index in [2.05, 4.69) is 25.9 Å². The van der Waals surface area contributed by atoms with Crippen LogP contribution in [-0.2, 0) is 23.9 Å². The lowest BCUT2D eigenvalue weighted by molar-refractivity contribution is -0.143. The number of hydrogen-bond acceptors (Lipinski definition) is 12. The van der Waals surface area contributed by atoms with Crippen LogP contribution in [0.1, 0.15) is 64.3 Å². The number of rotatable bonds is 16. The third kappa shape index (κ3) is 11.3. The molecule has 18 heteroatoms. The molecule has 0 unspecified atom stereocenters. The molecular formula is C43H51F2N7O7S2. The van der Waals surface area contributed by atoms with Crippen molar-refractivity contribution in [1.82, 2.24) is 30.8 Å². The summed E-state index contributed by atoms with van der Waals surface area (Å²) in [6.07, 6.45) is 2.13. The van der Waals surface area contributed by atoms with Gasteiger partial charge in [-0.3, -0.25) is 19.2 Å². The largest absolute Gasteiger partial charge is 0.511 e. The van der Waals surface area contributed by atoms with Crippen LogP contribution in [0.2, 0.25) is 0 Å². The molecule has 4 amide bonds. The van der Waals surface area contributed by atoms with Gasteiger partial charge in [-0.15, -0.1) is 22.7 Å². The zero-order valence-corrected chi connectivity index (χ0v) is 36.4. The maximum absolute atomic E-state index is 14.9. The van der Waals surface area contributed by atoms with Crippen LogP contribution in [0.3, 0.4) is 0 Å². The lowest BCUT2D eigenvalue weighted by atomic mass is 9.85. The highest BCUT2D eigenvalue weighted by molar-refractivity contribution is 7.14. The highest BCUT2D eigenvalue weighted by Crippen LogP contribution is 2.37. The average Bonchev–Trinajstić information content (AvgIpc) is 4.00. The number of benzene rings is 2. The predicted molar refractivity (Wildman–Crippen MR) is 229 cm³/mol. The van der Waals surface area contributed by atoms with E-state index in [1.54, 1.807) is 43.0 Å². The second-order valence-corrected chi connectivity index (χ2v) is 17.7. The van der Waals surface area contributed by atoms with E-state index in [4.69, 9.17) is 9.47 Å². The molecule has 2 aromatic carbocycles. The maximum atomic E-state index is 14.9. The van der Waals surface area contributed by atoms with Crippen molar-refractivity contribution in [2.24, 2.45) is 5.41 Å². The van der Waals surface area contributed by atoms with E-state index in [1.807, 2.05) is 43.0 Å². The van der Waals surface area contributed by atoms with Crippen LogP contribution in [0.15, 0.2) is 59.1 Å². The van der Waals surface area contributed by atoms with Gasteiger partial charge in [0, 0.05) is 37.0 Å². The summed E-state index contributed by atoms with van der Waals surface area (Å²) in [5, 5.41) is 21.4. The van der Waals surface area contributed by atoms with E-state index in [1.165, 1.54) is 28.4 Å². The van der Waals surface area contributed by atoms with Gasteiger partial charge in [0.1, 0.15) is 17.8 Å². The molecule has 14 nitrogen and oxygen atoms in total. The second-order valence-electron chi connectivity index (χ2n) is 16.0. The Morgan fingerprint density at radius 3 is 2.44 bits per heavy atom. The fourth-order valence-electron chi connectivity index (χ4n) is 6.95. The van der Waals surface area contributed by atoms with Crippen LogP contribution >= 0.6 is 22.7 Å². The van der Waals surface area contributed by atoms with E-state index < -0.39 is 71.2 Å². The number of unbranched alkanes of at least 4 members (excludes halogenated alkanes) is 1. The van der Waals surface area contributed by atoms with Crippen molar-refractivity contribution in [3.63, 3.8) is 0 Å². The number of carbonyl (C=O) groups excluding carboxylic acids is 4. The van der Waals surface area contributed by atoms with Crippen LogP contribution in [0.4, 0.5) is 13.9 Å². The Hall–Kier alpha value is -5.46. The summed E-state index contributed by atoms with van der Waals surface area (Å²) < 4.78 is 40.1. The molecular weight excluding hydrogens is 829 g/mol. The first-order valence-corrected chi connectivity index (χ1v) is 21.8. The maximum Gasteiger partial charge on any atom is 0.257 e. The number of aryl methyl sites for hydroxylation is 1. The fourth-order valence-corrected chi connectivity index (χ4v) is 8.64. The van der Waals surface area contributed by atoms with Crippen molar-refractivity contribution in [1.29, 1.82) is 0 Å². The number of thiazole rings is 2. The summed E-state index contributed by atoms with van der Waals surface area (Å²) in [4.78, 5) is 66.7. The molecule has 4 aromatic rings. The Bertz CT molecular complexity index is 2240. The number of morpholine rings is 1. The monoisotopic (exact) mass is 879 g/mol. The molecule has 1 fully saturated rings. The highest BCUT2D eigenvalue weighted by atomic mass is 32.1. The number of aliphatic hydroxyl groups is 1. The molecule has 1 saturated heterocycles. The molecule has 2 aliphatic heterocycles. The first kappa shape index (κ1) is 45.1. The molecule has 61 heavy (non-hydrogen) atoms. The smallest absolute Gasteiger partial charge is 0.257 e. The fraction of sp³-hybridized carbons (Fsp3) is 0.442. The molecule has 0 saturated carbocycles. The first-order chi connectivity index (χ1) is 29.1. The van der Waals surface area contributed by atoms with Crippen molar-refractivity contribution < 1.29 is 42.5 Å². The van der Waals surface area contributed by atoms with Gasteiger partial charge in [0.15, 0.2) is 23.3 Å². The van der Waals surface area contributed by atoms with Gasteiger partial charge in [-0.05, 0) is 61.4 Å². The average molecular weight is 880 g/mol. The molecule has 2 aliphatic rings. The quantitative estimate of drug-likeness (QED) is 0.0966. The summed E-state index contributed by atoms with van der Waals surface area (Å²) in [7, 11) is 0. The minimum absolute atomic E-state index is 0.0382. The normalized spacial score (nSPS) is 16.4. The Kier molecular flexibility index (Phi) is 14.7. The van der Waals surface area contributed by atoms with Gasteiger partial charge in [-0.2, -0.15) is 4.39 Å². The lowest BCUT2D eigenvalue weighted by Gasteiger charge is -2.35. The number of nitrogens with zero attached hydrogens (tertiary/aromatic N) is 4. The first-order valence-electron chi connectivity index (χ1n) is 20.1. The van der Waals surface area contributed by atoms with Crippen LogP contribution in [-0.4, -0.2) is 102 Å². The Morgan fingerprint density at radius 2 is 1.75 bits per heavy atom.